The van der Waals surface area contributed by atoms with Gasteiger partial charge in [-0.25, -0.2) is 0 Å². The molecule has 0 radical (unpaired) electrons. The van der Waals surface area contributed by atoms with Gasteiger partial charge in [-0.3, -0.25) is 4.79 Å². The fourth-order valence-corrected chi connectivity index (χ4v) is 2.29. The minimum absolute atomic E-state index is 0.0462. The molecule has 0 atom stereocenters. The first-order valence-electron chi connectivity index (χ1n) is 6.36. The highest BCUT2D eigenvalue weighted by Gasteiger charge is 2.06. The lowest BCUT2D eigenvalue weighted by molar-refractivity contribution is 0.907. The summed E-state index contributed by atoms with van der Waals surface area (Å²) in [5.41, 5.74) is 8.96. The van der Waals surface area contributed by atoms with Crippen LogP contribution >= 0.6 is 0 Å². The van der Waals surface area contributed by atoms with Crippen molar-refractivity contribution in [2.24, 2.45) is 7.05 Å². The van der Waals surface area contributed by atoms with E-state index in [4.69, 9.17) is 5.73 Å². The van der Waals surface area contributed by atoms with E-state index in [2.05, 4.69) is 5.32 Å². The molecule has 20 heavy (non-hydrogen) atoms. The number of hydrogen-bond donors (Lipinski definition) is 2. The molecule has 1 heterocycles. The summed E-state index contributed by atoms with van der Waals surface area (Å²) in [6.07, 6.45) is 0. The summed E-state index contributed by atoms with van der Waals surface area (Å²) < 4.78 is 1.64. The number of anilines is 3. The largest absolute Gasteiger partial charge is 0.399 e. The number of hydrogen-bond acceptors (Lipinski definition) is 3. The van der Waals surface area contributed by atoms with Crippen LogP contribution in [0.5, 0.6) is 0 Å². The maximum absolute atomic E-state index is 12.0. The number of fused-ring (bicyclic) bond motifs is 1. The summed E-state index contributed by atoms with van der Waals surface area (Å²) in [6.45, 7) is 0. The summed E-state index contributed by atoms with van der Waals surface area (Å²) in [7, 11) is 1.77. The molecule has 0 aliphatic carbocycles. The Morgan fingerprint density at radius 2 is 1.85 bits per heavy atom. The molecular weight excluding hydrogens is 250 g/mol. The summed E-state index contributed by atoms with van der Waals surface area (Å²) >= 11 is 0. The maximum atomic E-state index is 12.0. The van der Waals surface area contributed by atoms with Crippen molar-refractivity contribution in [3.8, 4) is 0 Å². The molecule has 0 bridgehead atoms. The number of nitrogens with one attached hydrogen (secondary N) is 1. The fraction of sp³-hybridized carbons (Fsp3) is 0.0625. The van der Waals surface area contributed by atoms with E-state index in [1.807, 2.05) is 48.5 Å². The molecule has 0 fully saturated rings. The highest BCUT2D eigenvalue weighted by atomic mass is 16.1. The molecule has 2 aromatic carbocycles. The van der Waals surface area contributed by atoms with Crippen molar-refractivity contribution in [2.45, 2.75) is 0 Å². The van der Waals surface area contributed by atoms with Crippen LogP contribution in [0.2, 0.25) is 0 Å². The van der Waals surface area contributed by atoms with Gasteiger partial charge in [0.05, 0.1) is 11.2 Å². The van der Waals surface area contributed by atoms with Gasteiger partial charge in [-0.05, 0) is 24.3 Å². The van der Waals surface area contributed by atoms with Gasteiger partial charge in [0, 0.05) is 29.9 Å². The van der Waals surface area contributed by atoms with Gasteiger partial charge in [0.25, 0.3) is 5.56 Å². The van der Waals surface area contributed by atoms with Gasteiger partial charge in [-0.15, -0.1) is 0 Å². The predicted octanol–water partition coefficient (Wildman–Crippen LogP) is 2.86. The molecule has 100 valence electrons. The van der Waals surface area contributed by atoms with Crippen LogP contribution in [0.25, 0.3) is 10.9 Å². The molecule has 3 rings (SSSR count). The van der Waals surface area contributed by atoms with E-state index in [1.165, 1.54) is 0 Å². The zero-order chi connectivity index (χ0) is 14.1. The van der Waals surface area contributed by atoms with Crippen LogP contribution in [0, 0.1) is 0 Å². The summed E-state index contributed by atoms with van der Waals surface area (Å²) in [4.78, 5) is 12.0. The smallest absolute Gasteiger partial charge is 0.252 e. The zero-order valence-corrected chi connectivity index (χ0v) is 11.1. The fourth-order valence-electron chi connectivity index (χ4n) is 2.29. The van der Waals surface area contributed by atoms with Crippen LogP contribution in [0.15, 0.2) is 59.4 Å². The molecule has 0 aliphatic rings. The number of para-hydroxylation sites is 1. The van der Waals surface area contributed by atoms with Crippen LogP contribution < -0.4 is 16.6 Å². The minimum Gasteiger partial charge on any atom is -0.399 e. The lowest BCUT2D eigenvalue weighted by Gasteiger charge is -2.12. The van der Waals surface area contributed by atoms with Gasteiger partial charge in [-0.2, -0.15) is 0 Å². The van der Waals surface area contributed by atoms with E-state index in [-0.39, 0.29) is 5.56 Å². The van der Waals surface area contributed by atoms with Gasteiger partial charge in [0.15, 0.2) is 0 Å². The molecule has 4 nitrogen and oxygen atoms in total. The first-order valence-corrected chi connectivity index (χ1v) is 6.36. The van der Waals surface area contributed by atoms with Crippen LogP contribution in [-0.4, -0.2) is 4.57 Å². The van der Waals surface area contributed by atoms with Gasteiger partial charge in [0.1, 0.15) is 0 Å². The second-order valence-corrected chi connectivity index (χ2v) is 4.72. The highest BCUT2D eigenvalue weighted by molar-refractivity contribution is 5.93. The quantitative estimate of drug-likeness (QED) is 0.700. The molecule has 1 aromatic heterocycles. The minimum atomic E-state index is -0.0462. The first kappa shape index (κ1) is 12.3. The lowest BCUT2D eigenvalue weighted by atomic mass is 10.1. The number of rotatable bonds is 2. The SMILES string of the molecule is Cn1c(=O)cc(Nc2cccc(N)c2)c2ccccc21. The Bertz CT molecular complexity index is 836. The number of pyridine rings is 1. The molecule has 3 N–H and O–H groups in total. The average Bonchev–Trinajstić information content (AvgIpc) is 2.45. The molecule has 0 amide bonds. The summed E-state index contributed by atoms with van der Waals surface area (Å²) in [6, 6.07) is 16.9. The van der Waals surface area contributed by atoms with E-state index in [0.717, 1.165) is 22.3 Å². The Morgan fingerprint density at radius 1 is 1.05 bits per heavy atom. The number of nitrogen functional groups attached to an aromatic ring is 1. The lowest BCUT2D eigenvalue weighted by Crippen LogP contribution is -2.16. The van der Waals surface area contributed by atoms with E-state index in [9.17, 15) is 4.79 Å². The number of benzene rings is 2. The third-order valence-corrected chi connectivity index (χ3v) is 3.32. The molecular formula is C16H15N3O. The molecule has 0 unspecified atom stereocenters. The summed E-state index contributed by atoms with van der Waals surface area (Å²) in [5.74, 6) is 0. The molecule has 3 aromatic rings. The monoisotopic (exact) mass is 265 g/mol. The zero-order valence-electron chi connectivity index (χ0n) is 11.1. The van der Waals surface area contributed by atoms with Crippen molar-refractivity contribution >= 4 is 28.0 Å². The van der Waals surface area contributed by atoms with E-state index >= 15 is 0 Å². The first-order chi connectivity index (χ1) is 9.65. The van der Waals surface area contributed by atoms with Gasteiger partial charge < -0.3 is 15.6 Å². The third-order valence-electron chi connectivity index (χ3n) is 3.32. The second kappa shape index (κ2) is 4.74. The molecule has 0 aliphatic heterocycles. The van der Waals surface area contributed by atoms with Crippen LogP contribution in [0.4, 0.5) is 17.1 Å². The van der Waals surface area contributed by atoms with Gasteiger partial charge >= 0.3 is 0 Å². The van der Waals surface area contributed by atoms with Gasteiger partial charge in [0.2, 0.25) is 0 Å². The van der Waals surface area contributed by atoms with Crippen LogP contribution in [0.1, 0.15) is 0 Å². The molecule has 0 saturated carbocycles. The van der Waals surface area contributed by atoms with Crippen molar-refractivity contribution in [3.63, 3.8) is 0 Å². The van der Waals surface area contributed by atoms with Crippen LogP contribution in [0.3, 0.4) is 0 Å². The predicted molar refractivity (Wildman–Crippen MR) is 83.3 cm³/mol. The standard InChI is InChI=1S/C16H15N3O/c1-19-15-8-3-2-7-13(15)14(10-16(19)20)18-12-6-4-5-11(17)9-12/h2-10,18H,17H2,1H3. The molecule has 0 saturated heterocycles. The van der Waals surface area contributed by atoms with Crippen molar-refractivity contribution in [3.05, 3.63) is 65.0 Å². The van der Waals surface area contributed by atoms with Crippen LogP contribution in [-0.2, 0) is 7.05 Å². The van der Waals surface area contributed by atoms with Gasteiger partial charge in [-0.1, -0.05) is 24.3 Å². The van der Waals surface area contributed by atoms with Crippen molar-refractivity contribution in [1.29, 1.82) is 0 Å². The number of aryl methyl sites for hydroxylation is 1. The van der Waals surface area contributed by atoms with Crippen molar-refractivity contribution < 1.29 is 0 Å². The van der Waals surface area contributed by atoms with Crippen molar-refractivity contribution in [1.82, 2.24) is 4.57 Å². The Morgan fingerprint density at radius 3 is 2.65 bits per heavy atom. The number of aromatic nitrogens is 1. The Labute approximate surface area is 116 Å². The maximum Gasteiger partial charge on any atom is 0.252 e. The second-order valence-electron chi connectivity index (χ2n) is 4.72. The average molecular weight is 265 g/mol. The van der Waals surface area contributed by atoms with Crippen molar-refractivity contribution in [2.75, 3.05) is 11.1 Å². The highest BCUT2D eigenvalue weighted by Crippen LogP contribution is 2.25. The summed E-state index contributed by atoms with van der Waals surface area (Å²) in [5, 5.41) is 4.26. The van der Waals surface area contributed by atoms with E-state index < -0.39 is 0 Å². The van der Waals surface area contributed by atoms with E-state index in [1.54, 1.807) is 17.7 Å². The molecule has 4 heteroatoms. The third kappa shape index (κ3) is 2.12. The molecule has 0 spiro atoms. The number of nitrogens with zero attached hydrogens (tertiary/aromatic N) is 1. The van der Waals surface area contributed by atoms with E-state index in [0.29, 0.717) is 5.69 Å². The Hall–Kier alpha value is -2.75. The Balaban J connectivity index is 2.17. The Kier molecular flexibility index (Phi) is 2.91. The normalized spacial score (nSPS) is 10.7. The topological polar surface area (TPSA) is 60.0 Å². The number of nitrogens with two attached hydrogens (primary N) is 1.